The Labute approximate surface area is 159 Å². The van der Waals surface area contributed by atoms with Gasteiger partial charge in [-0.05, 0) is 11.3 Å². The van der Waals surface area contributed by atoms with Crippen LogP contribution in [0.25, 0.3) is 20.4 Å². The molecule has 5 rings (SSSR count). The molecule has 27 heavy (non-hydrogen) atoms. The molecule has 9 nitrogen and oxygen atoms in total. The minimum absolute atomic E-state index is 0.552. The highest BCUT2D eigenvalue weighted by atomic mass is 32.1. The molecule has 2 aliphatic rings. The summed E-state index contributed by atoms with van der Waals surface area (Å²) < 4.78 is 11.8. The van der Waals surface area contributed by atoms with Crippen LogP contribution < -0.4 is 9.80 Å². The number of morpholine rings is 2. The van der Waals surface area contributed by atoms with Crippen molar-refractivity contribution in [2.45, 2.75) is 0 Å². The zero-order chi connectivity index (χ0) is 18.2. The lowest BCUT2D eigenvalue weighted by molar-refractivity contribution is 0.122. The third kappa shape index (κ3) is 2.84. The standard InChI is InChI=1S/C17H17N7O2S/c18-10-11-9-12-13-14(16(21-22-20-13)24-3-7-26-8-4-24)27-17(12)19-15(11)23-1-5-25-6-2-23/h9H,1-8H2. The smallest absolute Gasteiger partial charge is 0.172 e. The molecule has 0 bridgehead atoms. The van der Waals surface area contributed by atoms with Gasteiger partial charge in [0.05, 0.1) is 32.0 Å². The first-order valence-corrected chi connectivity index (χ1v) is 9.69. The van der Waals surface area contributed by atoms with Crippen LogP contribution in [0, 0.1) is 11.3 Å². The minimum atomic E-state index is 0.552. The molecule has 5 heterocycles. The second kappa shape index (κ2) is 6.84. The van der Waals surface area contributed by atoms with Crippen LogP contribution in [-0.4, -0.2) is 73.0 Å². The van der Waals surface area contributed by atoms with Crippen molar-refractivity contribution in [2.24, 2.45) is 0 Å². The van der Waals surface area contributed by atoms with E-state index in [1.807, 2.05) is 6.07 Å². The van der Waals surface area contributed by atoms with Gasteiger partial charge in [-0.15, -0.1) is 21.5 Å². The fraction of sp³-hybridized carbons (Fsp3) is 0.471. The van der Waals surface area contributed by atoms with Gasteiger partial charge in [0.1, 0.15) is 26.9 Å². The average molecular weight is 383 g/mol. The lowest BCUT2D eigenvalue weighted by atomic mass is 10.2. The maximum Gasteiger partial charge on any atom is 0.172 e. The number of anilines is 2. The summed E-state index contributed by atoms with van der Waals surface area (Å²) in [5.41, 5.74) is 1.31. The summed E-state index contributed by atoms with van der Waals surface area (Å²) in [4.78, 5) is 9.95. The van der Waals surface area contributed by atoms with Crippen LogP contribution >= 0.6 is 11.3 Å². The van der Waals surface area contributed by atoms with Gasteiger partial charge in [-0.2, -0.15) is 5.26 Å². The van der Waals surface area contributed by atoms with Crippen LogP contribution in [-0.2, 0) is 9.47 Å². The first kappa shape index (κ1) is 16.6. The number of nitrogens with zero attached hydrogens (tertiary/aromatic N) is 7. The number of pyridine rings is 1. The molecule has 138 valence electrons. The predicted molar refractivity (Wildman–Crippen MR) is 101 cm³/mol. The van der Waals surface area contributed by atoms with Gasteiger partial charge in [0.15, 0.2) is 5.82 Å². The molecule has 0 amide bonds. The summed E-state index contributed by atoms with van der Waals surface area (Å²) in [6, 6.07) is 4.17. The summed E-state index contributed by atoms with van der Waals surface area (Å²) in [6.07, 6.45) is 0. The monoisotopic (exact) mass is 383 g/mol. The molecule has 3 aromatic heterocycles. The van der Waals surface area contributed by atoms with E-state index >= 15 is 0 Å². The summed E-state index contributed by atoms with van der Waals surface area (Å²) in [5.74, 6) is 1.53. The molecule has 0 atom stereocenters. The molecule has 0 radical (unpaired) electrons. The number of thiophene rings is 1. The molecule has 0 aliphatic carbocycles. The van der Waals surface area contributed by atoms with Gasteiger partial charge >= 0.3 is 0 Å². The Kier molecular flexibility index (Phi) is 4.20. The van der Waals surface area contributed by atoms with Crippen LogP contribution in [0.2, 0.25) is 0 Å². The van der Waals surface area contributed by atoms with Crippen molar-refractivity contribution in [3.05, 3.63) is 11.6 Å². The lowest BCUT2D eigenvalue weighted by Crippen LogP contribution is -2.37. The van der Waals surface area contributed by atoms with Crippen molar-refractivity contribution in [1.29, 1.82) is 5.26 Å². The van der Waals surface area contributed by atoms with E-state index in [0.717, 1.165) is 52.4 Å². The molecule has 2 saturated heterocycles. The molecular weight excluding hydrogens is 366 g/mol. The topological polar surface area (TPSA) is 100 Å². The van der Waals surface area contributed by atoms with Crippen molar-refractivity contribution in [3.63, 3.8) is 0 Å². The first-order chi connectivity index (χ1) is 13.3. The zero-order valence-electron chi connectivity index (χ0n) is 14.6. The van der Waals surface area contributed by atoms with Crippen molar-refractivity contribution in [3.8, 4) is 6.07 Å². The van der Waals surface area contributed by atoms with Crippen LogP contribution in [0.1, 0.15) is 5.56 Å². The number of nitriles is 1. The van der Waals surface area contributed by atoms with E-state index in [4.69, 9.17) is 14.5 Å². The van der Waals surface area contributed by atoms with E-state index in [-0.39, 0.29) is 0 Å². The van der Waals surface area contributed by atoms with E-state index in [0.29, 0.717) is 37.8 Å². The molecule has 0 N–H and O–H groups in total. The minimum Gasteiger partial charge on any atom is -0.378 e. The maximum absolute atomic E-state index is 9.66. The molecule has 3 aromatic rings. The Bertz CT molecular complexity index is 1040. The summed E-state index contributed by atoms with van der Waals surface area (Å²) >= 11 is 1.55. The third-order valence-electron chi connectivity index (χ3n) is 4.87. The molecule has 0 aromatic carbocycles. The number of hydrogen-bond donors (Lipinski definition) is 0. The van der Waals surface area contributed by atoms with Gasteiger partial charge in [0.2, 0.25) is 0 Å². The summed E-state index contributed by atoms with van der Waals surface area (Å²) in [6.45, 7) is 5.66. The Morgan fingerprint density at radius 1 is 0.963 bits per heavy atom. The first-order valence-electron chi connectivity index (χ1n) is 8.87. The number of rotatable bonds is 2. The van der Waals surface area contributed by atoms with Crippen molar-refractivity contribution >= 4 is 43.4 Å². The van der Waals surface area contributed by atoms with E-state index in [2.05, 4.69) is 31.3 Å². The second-order valence-electron chi connectivity index (χ2n) is 6.42. The molecule has 10 heteroatoms. The van der Waals surface area contributed by atoms with Gasteiger partial charge in [-0.3, -0.25) is 0 Å². The molecule has 2 fully saturated rings. The quantitative estimate of drug-likeness (QED) is 0.645. The molecule has 2 aliphatic heterocycles. The normalized spacial score (nSPS) is 18.2. The van der Waals surface area contributed by atoms with Gasteiger partial charge in [-0.1, -0.05) is 0 Å². The van der Waals surface area contributed by atoms with Gasteiger partial charge in [0, 0.05) is 31.6 Å². The number of fused-ring (bicyclic) bond motifs is 3. The highest BCUT2D eigenvalue weighted by molar-refractivity contribution is 7.26. The number of aromatic nitrogens is 4. The summed E-state index contributed by atoms with van der Waals surface area (Å²) in [5, 5.41) is 23.0. The SMILES string of the molecule is N#Cc1cc2c(nc1N1CCOCC1)sc1c(N3CCOCC3)nnnc12. The Morgan fingerprint density at radius 3 is 2.30 bits per heavy atom. The Morgan fingerprint density at radius 2 is 1.63 bits per heavy atom. The van der Waals surface area contributed by atoms with E-state index < -0.39 is 0 Å². The number of hydrogen-bond acceptors (Lipinski definition) is 10. The average Bonchev–Trinajstić information content (AvgIpc) is 3.11. The van der Waals surface area contributed by atoms with Crippen LogP contribution in [0.3, 0.4) is 0 Å². The maximum atomic E-state index is 9.66. The fourth-order valence-electron chi connectivity index (χ4n) is 3.49. The Balaban J connectivity index is 1.67. The van der Waals surface area contributed by atoms with Gasteiger partial charge in [-0.25, -0.2) is 4.98 Å². The molecular formula is C17H17N7O2S. The third-order valence-corrected chi connectivity index (χ3v) is 5.95. The molecule has 0 saturated carbocycles. The fourth-order valence-corrected chi connectivity index (χ4v) is 4.59. The number of ether oxygens (including phenoxy) is 2. The van der Waals surface area contributed by atoms with Crippen molar-refractivity contribution < 1.29 is 9.47 Å². The van der Waals surface area contributed by atoms with E-state index in [9.17, 15) is 5.26 Å². The largest absolute Gasteiger partial charge is 0.378 e. The van der Waals surface area contributed by atoms with Crippen LogP contribution in [0.5, 0.6) is 0 Å². The highest BCUT2D eigenvalue weighted by Gasteiger charge is 2.23. The van der Waals surface area contributed by atoms with Crippen molar-refractivity contribution in [1.82, 2.24) is 20.4 Å². The highest BCUT2D eigenvalue weighted by Crippen LogP contribution is 2.38. The molecule has 0 unspecified atom stereocenters. The van der Waals surface area contributed by atoms with E-state index in [1.54, 1.807) is 11.3 Å². The van der Waals surface area contributed by atoms with Crippen LogP contribution in [0.4, 0.5) is 11.6 Å². The predicted octanol–water partition coefficient (Wildman–Crippen LogP) is 1.18. The van der Waals surface area contributed by atoms with Gasteiger partial charge < -0.3 is 19.3 Å². The van der Waals surface area contributed by atoms with Gasteiger partial charge in [0.25, 0.3) is 0 Å². The van der Waals surface area contributed by atoms with Crippen molar-refractivity contribution in [2.75, 3.05) is 62.4 Å². The summed E-state index contributed by atoms with van der Waals surface area (Å²) in [7, 11) is 0. The lowest BCUT2D eigenvalue weighted by Gasteiger charge is -2.28. The zero-order valence-corrected chi connectivity index (χ0v) is 15.4. The molecule has 0 spiro atoms. The van der Waals surface area contributed by atoms with Crippen LogP contribution in [0.15, 0.2) is 6.07 Å². The second-order valence-corrected chi connectivity index (χ2v) is 7.41. The van der Waals surface area contributed by atoms with E-state index in [1.165, 1.54) is 0 Å². The Hall–Kier alpha value is -2.61.